The van der Waals surface area contributed by atoms with Crippen LogP contribution in [0.25, 0.3) is 5.76 Å². The molecular formula is C30H32N2O6. The minimum absolute atomic E-state index is 0.0322. The van der Waals surface area contributed by atoms with Gasteiger partial charge in [-0.15, -0.1) is 0 Å². The Morgan fingerprint density at radius 3 is 2.53 bits per heavy atom. The number of carbonyl (C=O) groups excluding carboxylic acids is 2. The maximum Gasteiger partial charge on any atom is 0.295 e. The summed E-state index contributed by atoms with van der Waals surface area (Å²) in [5.41, 5.74) is 2.68. The highest BCUT2D eigenvalue weighted by atomic mass is 16.5. The molecule has 1 amide bonds. The van der Waals surface area contributed by atoms with Gasteiger partial charge in [0, 0.05) is 31.7 Å². The van der Waals surface area contributed by atoms with Crippen LogP contribution in [-0.4, -0.2) is 66.0 Å². The molecule has 1 atom stereocenters. The lowest BCUT2D eigenvalue weighted by Gasteiger charge is -2.28. The number of aliphatic hydroxyl groups excluding tert-OH is 1. The Morgan fingerprint density at radius 2 is 1.82 bits per heavy atom. The first-order valence-corrected chi connectivity index (χ1v) is 12.9. The van der Waals surface area contributed by atoms with Crippen molar-refractivity contribution in [2.75, 3.05) is 39.4 Å². The van der Waals surface area contributed by atoms with Crippen LogP contribution in [0.3, 0.4) is 0 Å². The maximum atomic E-state index is 13.2. The molecule has 8 heteroatoms. The van der Waals surface area contributed by atoms with Crippen LogP contribution < -0.4 is 4.74 Å². The van der Waals surface area contributed by atoms with Crippen LogP contribution in [0.15, 0.2) is 76.9 Å². The molecule has 3 aromatic rings. The van der Waals surface area contributed by atoms with Gasteiger partial charge in [-0.1, -0.05) is 29.8 Å². The van der Waals surface area contributed by atoms with E-state index in [-0.39, 0.29) is 11.3 Å². The van der Waals surface area contributed by atoms with Gasteiger partial charge >= 0.3 is 0 Å². The number of nitrogens with zero attached hydrogens (tertiary/aromatic N) is 2. The molecule has 198 valence electrons. The van der Waals surface area contributed by atoms with Gasteiger partial charge in [-0.25, -0.2) is 0 Å². The van der Waals surface area contributed by atoms with Gasteiger partial charge in [0.15, 0.2) is 0 Å². The first-order chi connectivity index (χ1) is 18.5. The summed E-state index contributed by atoms with van der Waals surface area (Å²) in [6, 6.07) is 17.6. The Balaban J connectivity index is 1.34. The summed E-state index contributed by atoms with van der Waals surface area (Å²) in [6.45, 7) is 6.72. The highest BCUT2D eigenvalue weighted by Gasteiger charge is 2.47. The monoisotopic (exact) mass is 516 g/mol. The second kappa shape index (κ2) is 11.7. The molecule has 5 rings (SSSR count). The number of Topliss-reactive ketones (excluding diaryl/α,β-unsaturated/α-hetero) is 1. The van der Waals surface area contributed by atoms with Crippen molar-refractivity contribution in [3.05, 3.63) is 95.0 Å². The molecule has 2 fully saturated rings. The van der Waals surface area contributed by atoms with Crippen molar-refractivity contribution in [1.29, 1.82) is 0 Å². The number of aryl methyl sites for hydroxylation is 1. The quantitative estimate of drug-likeness (QED) is 0.257. The van der Waals surface area contributed by atoms with E-state index in [2.05, 4.69) is 11.0 Å². The topological polar surface area (TPSA) is 92.5 Å². The summed E-state index contributed by atoms with van der Waals surface area (Å²) in [4.78, 5) is 30.0. The van der Waals surface area contributed by atoms with Crippen LogP contribution in [0.5, 0.6) is 5.75 Å². The number of furan rings is 1. The molecule has 2 aromatic carbocycles. The lowest BCUT2D eigenvalue weighted by molar-refractivity contribution is -0.140. The zero-order valence-corrected chi connectivity index (χ0v) is 21.5. The highest BCUT2D eigenvalue weighted by molar-refractivity contribution is 6.46. The van der Waals surface area contributed by atoms with Crippen molar-refractivity contribution >= 4 is 17.4 Å². The third-order valence-electron chi connectivity index (χ3n) is 6.95. The highest BCUT2D eigenvalue weighted by Crippen LogP contribution is 2.39. The van der Waals surface area contributed by atoms with Gasteiger partial charge in [-0.3, -0.25) is 14.5 Å². The summed E-state index contributed by atoms with van der Waals surface area (Å²) in [7, 11) is 0. The molecule has 1 aromatic heterocycles. The molecule has 2 saturated heterocycles. The minimum atomic E-state index is -0.785. The van der Waals surface area contributed by atoms with E-state index in [4.69, 9.17) is 13.9 Å². The van der Waals surface area contributed by atoms with E-state index in [0.717, 1.165) is 30.8 Å². The molecule has 0 unspecified atom stereocenters. The van der Waals surface area contributed by atoms with Crippen molar-refractivity contribution in [3.63, 3.8) is 0 Å². The summed E-state index contributed by atoms with van der Waals surface area (Å²) >= 11 is 0. The number of amides is 1. The third kappa shape index (κ3) is 5.66. The average molecular weight is 517 g/mol. The van der Waals surface area contributed by atoms with E-state index in [1.54, 1.807) is 36.4 Å². The zero-order chi connectivity index (χ0) is 26.5. The molecule has 38 heavy (non-hydrogen) atoms. The summed E-state index contributed by atoms with van der Waals surface area (Å²) in [5, 5.41) is 11.2. The number of ketones is 1. The van der Waals surface area contributed by atoms with Gasteiger partial charge in [-0.2, -0.15) is 0 Å². The number of benzene rings is 2. The van der Waals surface area contributed by atoms with Gasteiger partial charge in [0.25, 0.3) is 11.7 Å². The third-order valence-corrected chi connectivity index (χ3v) is 6.95. The molecule has 2 aliphatic rings. The molecular weight excluding hydrogens is 484 g/mol. The van der Waals surface area contributed by atoms with Crippen LogP contribution in [0.2, 0.25) is 0 Å². The molecule has 0 bridgehead atoms. The molecule has 0 radical (unpaired) electrons. The van der Waals surface area contributed by atoms with Crippen LogP contribution >= 0.6 is 0 Å². The van der Waals surface area contributed by atoms with Crippen LogP contribution in [0, 0.1) is 6.92 Å². The van der Waals surface area contributed by atoms with Gasteiger partial charge in [0.1, 0.15) is 29.9 Å². The minimum Gasteiger partial charge on any atom is -0.507 e. The lowest BCUT2D eigenvalue weighted by Crippen LogP contribution is -2.38. The Bertz CT molecular complexity index is 1290. The standard InChI is InChI=1S/C30H32N2O6/c1-21-5-2-6-22(19-21)20-38-24-10-8-23(9-11-24)28(33)26-27(25-7-3-16-37-25)32(30(35)29(26)34)13-4-12-31-14-17-36-18-15-31/h2-3,5-11,16,19,27,33H,4,12-15,17-18,20H2,1H3/b28-26+/t27-/m1/s1. The number of hydrogen-bond donors (Lipinski definition) is 1. The van der Waals surface area contributed by atoms with Gasteiger partial charge in [0.05, 0.1) is 25.1 Å². The van der Waals surface area contributed by atoms with E-state index < -0.39 is 17.7 Å². The predicted octanol–water partition coefficient (Wildman–Crippen LogP) is 4.31. The second-order valence-electron chi connectivity index (χ2n) is 9.62. The Morgan fingerprint density at radius 1 is 1.03 bits per heavy atom. The number of rotatable bonds is 9. The number of carbonyl (C=O) groups is 2. The summed E-state index contributed by atoms with van der Waals surface area (Å²) in [6.07, 6.45) is 2.20. The van der Waals surface area contributed by atoms with Crippen LogP contribution in [0.4, 0.5) is 0 Å². The summed E-state index contributed by atoms with van der Waals surface area (Å²) < 4.78 is 16.9. The Labute approximate surface area is 222 Å². The number of ether oxygens (including phenoxy) is 2. The van der Waals surface area contributed by atoms with Crippen LogP contribution in [-0.2, 0) is 20.9 Å². The fraction of sp³-hybridized carbons (Fsp3) is 0.333. The van der Waals surface area contributed by atoms with Crippen molar-refractivity contribution < 1.29 is 28.6 Å². The normalized spacial score (nSPS) is 19.7. The van der Waals surface area contributed by atoms with E-state index in [9.17, 15) is 14.7 Å². The molecule has 2 aliphatic heterocycles. The fourth-order valence-corrected chi connectivity index (χ4v) is 4.98. The van der Waals surface area contributed by atoms with E-state index in [1.807, 2.05) is 25.1 Å². The molecule has 3 heterocycles. The number of hydrogen-bond acceptors (Lipinski definition) is 7. The fourth-order valence-electron chi connectivity index (χ4n) is 4.98. The van der Waals surface area contributed by atoms with Crippen molar-refractivity contribution in [2.45, 2.75) is 26.0 Å². The van der Waals surface area contributed by atoms with Crippen molar-refractivity contribution in [2.24, 2.45) is 0 Å². The van der Waals surface area contributed by atoms with Gasteiger partial charge < -0.3 is 23.9 Å². The Hall–Kier alpha value is -3.88. The number of morpholine rings is 1. The maximum absolute atomic E-state index is 13.2. The van der Waals surface area contributed by atoms with E-state index in [1.165, 1.54) is 11.2 Å². The second-order valence-corrected chi connectivity index (χ2v) is 9.62. The van der Waals surface area contributed by atoms with Crippen molar-refractivity contribution in [3.8, 4) is 5.75 Å². The van der Waals surface area contributed by atoms with E-state index in [0.29, 0.717) is 49.9 Å². The first kappa shape index (κ1) is 25.8. The largest absolute Gasteiger partial charge is 0.507 e. The van der Waals surface area contributed by atoms with Crippen LogP contribution in [0.1, 0.15) is 34.9 Å². The molecule has 0 saturated carbocycles. The van der Waals surface area contributed by atoms with Gasteiger partial charge in [0.2, 0.25) is 0 Å². The summed E-state index contributed by atoms with van der Waals surface area (Å²) in [5.74, 6) is -0.502. The van der Waals surface area contributed by atoms with Gasteiger partial charge in [-0.05, 0) is 55.3 Å². The zero-order valence-electron chi connectivity index (χ0n) is 21.5. The SMILES string of the molecule is Cc1cccc(COc2ccc(/C(O)=C3\C(=O)C(=O)N(CCCN4CCOCC4)[C@@H]3c3ccco3)cc2)c1. The number of aliphatic hydroxyl groups is 1. The molecule has 8 nitrogen and oxygen atoms in total. The number of likely N-dealkylation sites (tertiary alicyclic amines) is 1. The van der Waals surface area contributed by atoms with E-state index >= 15 is 0 Å². The molecule has 0 aliphatic carbocycles. The lowest BCUT2D eigenvalue weighted by atomic mass is 9.99. The Kier molecular flexibility index (Phi) is 7.91. The van der Waals surface area contributed by atoms with Crippen molar-refractivity contribution in [1.82, 2.24) is 9.80 Å². The molecule has 0 spiro atoms. The molecule has 1 N–H and O–H groups in total. The smallest absolute Gasteiger partial charge is 0.295 e. The first-order valence-electron chi connectivity index (χ1n) is 12.9. The predicted molar refractivity (Wildman–Crippen MR) is 142 cm³/mol. The average Bonchev–Trinajstić information content (AvgIpc) is 3.55.